The second-order valence-electron chi connectivity index (χ2n) is 9.16. The molecular formula is C25H28ClFN6O. The zero-order valence-corrected chi connectivity index (χ0v) is 20.1. The van der Waals surface area contributed by atoms with Crippen molar-refractivity contribution in [3.63, 3.8) is 0 Å². The molecule has 2 aliphatic rings. The number of piperidine rings is 1. The van der Waals surface area contributed by atoms with Crippen LogP contribution in [0.2, 0.25) is 5.02 Å². The number of para-hydroxylation sites is 1. The molecule has 7 nitrogen and oxygen atoms in total. The molecular weight excluding hydrogens is 455 g/mol. The van der Waals surface area contributed by atoms with Gasteiger partial charge in [0.15, 0.2) is 5.69 Å². The quantitative estimate of drug-likeness (QED) is 0.405. The third-order valence-electron chi connectivity index (χ3n) is 6.70. The van der Waals surface area contributed by atoms with Crippen LogP contribution in [0.1, 0.15) is 24.0 Å². The lowest BCUT2D eigenvalue weighted by atomic mass is 10.00. The number of aryl methyl sites for hydroxylation is 1. The maximum absolute atomic E-state index is 14.4. The minimum atomic E-state index is -0.840. The van der Waals surface area contributed by atoms with Crippen molar-refractivity contribution in [1.82, 2.24) is 24.8 Å². The maximum atomic E-state index is 14.4. The molecule has 34 heavy (non-hydrogen) atoms. The van der Waals surface area contributed by atoms with Crippen LogP contribution in [-0.4, -0.2) is 47.7 Å². The summed E-state index contributed by atoms with van der Waals surface area (Å²) >= 11 is 6.47. The number of fused-ring (bicyclic) bond motifs is 1. The SMILES string of the molecule is Cc1cc(F)ccc1-c1nc(NC2CCN(C)CC2)nc2c1CNC[N+]2([O-])c1ccccc1Cl. The molecule has 2 N–H and O–H groups in total. The number of quaternary nitrogens is 1. The Kier molecular flexibility index (Phi) is 6.26. The number of hydrogen-bond acceptors (Lipinski definition) is 6. The van der Waals surface area contributed by atoms with Crippen LogP contribution in [0.4, 0.5) is 21.8 Å². The average Bonchev–Trinajstić information content (AvgIpc) is 2.81. The molecule has 1 atom stereocenters. The van der Waals surface area contributed by atoms with E-state index in [1.165, 1.54) is 12.1 Å². The summed E-state index contributed by atoms with van der Waals surface area (Å²) in [6, 6.07) is 11.9. The molecule has 0 aliphatic carbocycles. The Labute approximate surface area is 203 Å². The minimum absolute atomic E-state index is 0.100. The highest BCUT2D eigenvalue weighted by molar-refractivity contribution is 6.33. The van der Waals surface area contributed by atoms with Crippen molar-refractivity contribution in [1.29, 1.82) is 0 Å². The van der Waals surface area contributed by atoms with E-state index in [9.17, 15) is 9.60 Å². The van der Waals surface area contributed by atoms with Gasteiger partial charge in [-0.1, -0.05) is 23.7 Å². The van der Waals surface area contributed by atoms with Crippen LogP contribution in [0.5, 0.6) is 0 Å². The van der Waals surface area contributed by atoms with Gasteiger partial charge in [-0.15, -0.1) is 0 Å². The second-order valence-corrected chi connectivity index (χ2v) is 9.56. The van der Waals surface area contributed by atoms with Gasteiger partial charge in [-0.25, -0.2) is 9.37 Å². The molecule has 1 fully saturated rings. The molecule has 3 heterocycles. The third kappa shape index (κ3) is 4.28. The predicted octanol–water partition coefficient (Wildman–Crippen LogP) is 4.95. The Morgan fingerprint density at radius 1 is 1.18 bits per heavy atom. The summed E-state index contributed by atoms with van der Waals surface area (Å²) in [6.07, 6.45) is 1.93. The molecule has 9 heteroatoms. The zero-order chi connectivity index (χ0) is 23.9. The smallest absolute Gasteiger partial charge is 0.243 e. The van der Waals surface area contributed by atoms with Crippen LogP contribution in [0.25, 0.3) is 11.3 Å². The van der Waals surface area contributed by atoms with E-state index in [-0.39, 0.29) is 18.5 Å². The van der Waals surface area contributed by atoms with Gasteiger partial charge in [0.05, 0.1) is 11.3 Å². The Balaban J connectivity index is 1.67. The van der Waals surface area contributed by atoms with Gasteiger partial charge in [0.1, 0.15) is 17.5 Å². The molecule has 0 bridgehead atoms. The number of rotatable bonds is 4. The van der Waals surface area contributed by atoms with Crippen molar-refractivity contribution in [3.8, 4) is 11.3 Å². The van der Waals surface area contributed by atoms with Gasteiger partial charge in [-0.3, -0.25) is 9.96 Å². The van der Waals surface area contributed by atoms with E-state index in [0.717, 1.165) is 37.1 Å². The lowest BCUT2D eigenvalue weighted by Gasteiger charge is -2.44. The predicted molar refractivity (Wildman–Crippen MR) is 134 cm³/mol. The molecule has 0 saturated carbocycles. The summed E-state index contributed by atoms with van der Waals surface area (Å²) in [6.45, 7) is 4.35. The van der Waals surface area contributed by atoms with Gasteiger partial charge in [0.2, 0.25) is 11.8 Å². The Bertz CT molecular complexity index is 1220. The standard InChI is InChI=1S/C25H28ClFN6O/c1-16-13-17(27)7-8-19(16)23-20-14-28-15-33(34,22-6-4-3-5-21(22)26)24(20)31-25(30-23)29-18-9-11-32(2)12-10-18/h3-8,13,18,28H,9-12,14-15H2,1-2H3,(H,29,30,31). The molecule has 0 radical (unpaired) electrons. The summed E-state index contributed by atoms with van der Waals surface area (Å²) in [5.41, 5.74) is 3.28. The first kappa shape index (κ1) is 23.1. The fraction of sp³-hybridized carbons (Fsp3) is 0.360. The van der Waals surface area contributed by atoms with E-state index in [0.29, 0.717) is 40.3 Å². The van der Waals surface area contributed by atoms with Crippen LogP contribution < -0.4 is 15.3 Å². The topological polar surface area (TPSA) is 76.1 Å². The average molecular weight is 483 g/mol. The van der Waals surface area contributed by atoms with Gasteiger partial charge in [-0.05, 0) is 69.7 Å². The van der Waals surface area contributed by atoms with E-state index in [1.54, 1.807) is 30.3 Å². The van der Waals surface area contributed by atoms with Crippen molar-refractivity contribution < 1.29 is 4.39 Å². The van der Waals surface area contributed by atoms with Crippen LogP contribution >= 0.6 is 11.6 Å². The first-order valence-electron chi connectivity index (χ1n) is 11.5. The number of likely N-dealkylation sites (tertiary alicyclic amines) is 1. The number of anilines is 1. The summed E-state index contributed by atoms with van der Waals surface area (Å²) in [4.78, 5) is 11.9. The molecule has 0 amide bonds. The normalized spacial score (nSPS) is 21.3. The van der Waals surface area contributed by atoms with Crippen LogP contribution in [0.15, 0.2) is 42.5 Å². The highest BCUT2D eigenvalue weighted by atomic mass is 35.5. The van der Waals surface area contributed by atoms with E-state index in [2.05, 4.69) is 22.6 Å². The first-order chi connectivity index (χ1) is 16.3. The highest BCUT2D eigenvalue weighted by Gasteiger charge is 2.37. The molecule has 2 aliphatic heterocycles. The van der Waals surface area contributed by atoms with Crippen molar-refractivity contribution in [2.45, 2.75) is 32.4 Å². The largest absolute Gasteiger partial charge is 0.620 e. The van der Waals surface area contributed by atoms with Crippen molar-refractivity contribution in [3.05, 3.63) is 69.6 Å². The lowest BCUT2D eigenvalue weighted by molar-refractivity contribution is 0.263. The van der Waals surface area contributed by atoms with Crippen LogP contribution in [-0.2, 0) is 6.54 Å². The molecule has 1 unspecified atom stereocenters. The number of nitrogens with zero attached hydrogens (tertiary/aromatic N) is 4. The first-order valence-corrected chi connectivity index (χ1v) is 11.9. The fourth-order valence-corrected chi connectivity index (χ4v) is 5.08. The van der Waals surface area contributed by atoms with Gasteiger partial charge in [0, 0.05) is 24.2 Å². The van der Waals surface area contributed by atoms with Gasteiger partial charge in [0.25, 0.3) is 0 Å². The van der Waals surface area contributed by atoms with E-state index in [4.69, 9.17) is 21.6 Å². The number of hydroxylamine groups is 1. The van der Waals surface area contributed by atoms with Crippen molar-refractivity contribution >= 4 is 29.1 Å². The van der Waals surface area contributed by atoms with Crippen molar-refractivity contribution in [2.75, 3.05) is 32.1 Å². The van der Waals surface area contributed by atoms with Gasteiger partial charge < -0.3 is 15.4 Å². The number of halogens is 2. The Morgan fingerprint density at radius 3 is 2.68 bits per heavy atom. The summed E-state index contributed by atoms with van der Waals surface area (Å²) in [7, 11) is 2.11. The molecule has 1 aromatic heterocycles. The minimum Gasteiger partial charge on any atom is -0.620 e. The van der Waals surface area contributed by atoms with E-state index < -0.39 is 4.65 Å². The second kappa shape index (κ2) is 9.20. The summed E-state index contributed by atoms with van der Waals surface area (Å²) in [5.74, 6) is 0.465. The van der Waals surface area contributed by atoms with Gasteiger partial charge >= 0.3 is 0 Å². The lowest BCUT2D eigenvalue weighted by Crippen LogP contribution is -2.50. The highest BCUT2D eigenvalue weighted by Crippen LogP contribution is 2.43. The molecule has 178 valence electrons. The number of nitrogens with one attached hydrogen (secondary N) is 2. The zero-order valence-electron chi connectivity index (χ0n) is 19.3. The third-order valence-corrected chi connectivity index (χ3v) is 7.02. The number of hydrogen-bond donors (Lipinski definition) is 2. The Morgan fingerprint density at radius 2 is 1.94 bits per heavy atom. The summed E-state index contributed by atoms with van der Waals surface area (Å²) < 4.78 is 13.0. The van der Waals surface area contributed by atoms with Crippen molar-refractivity contribution in [2.24, 2.45) is 0 Å². The van der Waals surface area contributed by atoms with E-state index in [1.807, 2.05) is 6.92 Å². The molecule has 5 rings (SSSR count). The fourth-order valence-electron chi connectivity index (χ4n) is 4.81. The number of benzene rings is 2. The molecule has 0 spiro atoms. The molecule has 1 saturated heterocycles. The van der Waals surface area contributed by atoms with Crippen LogP contribution in [0, 0.1) is 17.9 Å². The molecule has 3 aromatic rings. The monoisotopic (exact) mass is 482 g/mol. The number of aromatic nitrogens is 2. The van der Waals surface area contributed by atoms with E-state index >= 15 is 0 Å². The summed E-state index contributed by atoms with van der Waals surface area (Å²) in [5, 5.41) is 21.5. The van der Waals surface area contributed by atoms with Crippen LogP contribution in [0.3, 0.4) is 0 Å². The van der Waals surface area contributed by atoms with Gasteiger partial charge in [-0.2, -0.15) is 4.98 Å². The Hall–Kier alpha value is -2.62. The molecule has 2 aromatic carbocycles. The maximum Gasteiger partial charge on any atom is 0.243 e.